The third-order valence-electron chi connectivity index (χ3n) is 5.19. The minimum absolute atomic E-state index is 0.0437. The van der Waals surface area contributed by atoms with E-state index in [0.717, 1.165) is 25.9 Å². The van der Waals surface area contributed by atoms with Crippen LogP contribution in [0.25, 0.3) is 0 Å². The quantitative estimate of drug-likeness (QED) is 0.792. The number of carbonyl (C=O) groups excluding carboxylic acids is 1. The Bertz CT molecular complexity index is 372. The van der Waals surface area contributed by atoms with Crippen molar-refractivity contribution in [3.8, 4) is 0 Å². The van der Waals surface area contributed by atoms with E-state index in [1.807, 2.05) is 20.8 Å². The molecule has 2 rings (SSSR count). The highest BCUT2D eigenvalue weighted by atomic mass is 16.5. The summed E-state index contributed by atoms with van der Waals surface area (Å²) >= 11 is 0. The molecule has 1 saturated carbocycles. The van der Waals surface area contributed by atoms with Gasteiger partial charge >= 0.3 is 0 Å². The molecule has 0 aromatic heterocycles. The summed E-state index contributed by atoms with van der Waals surface area (Å²) in [4.78, 5) is 12.7. The molecule has 5 heteroatoms. The zero-order chi connectivity index (χ0) is 15.0. The fourth-order valence-electron chi connectivity index (χ4n) is 3.75. The van der Waals surface area contributed by atoms with Gasteiger partial charge < -0.3 is 20.5 Å². The van der Waals surface area contributed by atoms with Crippen LogP contribution in [0.1, 0.15) is 40.0 Å². The van der Waals surface area contributed by atoms with E-state index in [1.54, 1.807) is 7.11 Å². The average Bonchev–Trinajstić information content (AvgIpc) is 2.44. The van der Waals surface area contributed by atoms with Crippen LogP contribution in [0.4, 0.5) is 0 Å². The molecule has 1 saturated heterocycles. The molecule has 2 aliphatic rings. The Kier molecular flexibility index (Phi) is 4.42. The largest absolute Gasteiger partial charge is 0.385 e. The summed E-state index contributed by atoms with van der Waals surface area (Å²) in [6, 6.07) is 0.0715. The molecule has 5 nitrogen and oxygen atoms in total. The maximum absolute atomic E-state index is 12.7. The van der Waals surface area contributed by atoms with Gasteiger partial charge in [0.2, 0.25) is 5.91 Å². The first-order chi connectivity index (χ1) is 9.35. The number of nitrogens with two attached hydrogens (primary N) is 1. The van der Waals surface area contributed by atoms with E-state index in [2.05, 4.69) is 5.32 Å². The second kappa shape index (κ2) is 5.62. The van der Waals surface area contributed by atoms with Gasteiger partial charge in [0, 0.05) is 37.7 Å². The van der Waals surface area contributed by atoms with Gasteiger partial charge in [-0.25, -0.2) is 0 Å². The molecule has 2 fully saturated rings. The summed E-state index contributed by atoms with van der Waals surface area (Å²) < 4.78 is 10.9. The van der Waals surface area contributed by atoms with Gasteiger partial charge in [0.05, 0.1) is 6.10 Å². The summed E-state index contributed by atoms with van der Waals surface area (Å²) in [5, 5.41) is 3.05. The van der Waals surface area contributed by atoms with Crippen molar-refractivity contribution in [3.05, 3.63) is 0 Å². The number of carbonyl (C=O) groups is 1. The van der Waals surface area contributed by atoms with E-state index in [9.17, 15) is 4.79 Å². The van der Waals surface area contributed by atoms with E-state index >= 15 is 0 Å². The lowest BCUT2D eigenvalue weighted by Gasteiger charge is -2.65. The van der Waals surface area contributed by atoms with E-state index in [1.165, 1.54) is 0 Å². The van der Waals surface area contributed by atoms with Crippen molar-refractivity contribution in [1.82, 2.24) is 5.32 Å². The van der Waals surface area contributed by atoms with Crippen LogP contribution in [-0.2, 0) is 14.3 Å². The molecular weight excluding hydrogens is 256 g/mol. The third kappa shape index (κ3) is 2.26. The normalized spacial score (nSPS) is 36.6. The van der Waals surface area contributed by atoms with Crippen LogP contribution in [-0.4, -0.2) is 43.9 Å². The third-order valence-corrected chi connectivity index (χ3v) is 5.19. The Hall–Kier alpha value is -0.650. The molecule has 0 bridgehead atoms. The summed E-state index contributed by atoms with van der Waals surface area (Å²) in [5.41, 5.74) is 5.40. The first kappa shape index (κ1) is 15.7. The Morgan fingerprint density at radius 1 is 1.55 bits per heavy atom. The van der Waals surface area contributed by atoms with Crippen LogP contribution < -0.4 is 11.1 Å². The molecule has 4 unspecified atom stereocenters. The highest BCUT2D eigenvalue weighted by Crippen LogP contribution is 2.57. The van der Waals surface area contributed by atoms with Crippen molar-refractivity contribution in [2.24, 2.45) is 17.1 Å². The number of hydrogen-bond donors (Lipinski definition) is 2. The Morgan fingerprint density at radius 3 is 2.90 bits per heavy atom. The van der Waals surface area contributed by atoms with Crippen LogP contribution in [0.2, 0.25) is 0 Å². The van der Waals surface area contributed by atoms with Gasteiger partial charge in [-0.3, -0.25) is 4.79 Å². The predicted octanol–water partition coefficient (Wildman–Crippen LogP) is 1.06. The summed E-state index contributed by atoms with van der Waals surface area (Å²) in [6.45, 7) is 7.49. The van der Waals surface area contributed by atoms with E-state index in [-0.39, 0.29) is 29.4 Å². The maximum Gasteiger partial charge on any atom is 0.241 e. The Balaban J connectivity index is 2.03. The molecule has 116 valence electrons. The molecule has 4 atom stereocenters. The Labute approximate surface area is 121 Å². The van der Waals surface area contributed by atoms with Crippen LogP contribution >= 0.6 is 0 Å². The first-order valence-electron chi connectivity index (χ1n) is 7.56. The topological polar surface area (TPSA) is 73.6 Å². The molecule has 0 spiro atoms. The molecule has 1 aliphatic heterocycles. The predicted molar refractivity (Wildman–Crippen MR) is 77.3 cm³/mol. The second-order valence-electron chi connectivity index (χ2n) is 6.79. The number of hydrogen-bond acceptors (Lipinski definition) is 4. The number of fused-ring (bicyclic) bond motifs is 1. The smallest absolute Gasteiger partial charge is 0.241 e. The zero-order valence-electron chi connectivity index (χ0n) is 13.1. The fraction of sp³-hybridized carbons (Fsp3) is 0.933. The van der Waals surface area contributed by atoms with Gasteiger partial charge in [-0.2, -0.15) is 0 Å². The number of nitrogens with one attached hydrogen (secondary N) is 1. The number of amides is 1. The van der Waals surface area contributed by atoms with Crippen molar-refractivity contribution in [1.29, 1.82) is 0 Å². The monoisotopic (exact) mass is 284 g/mol. The maximum atomic E-state index is 12.7. The average molecular weight is 284 g/mol. The molecule has 0 aromatic rings. The van der Waals surface area contributed by atoms with E-state index in [4.69, 9.17) is 15.2 Å². The van der Waals surface area contributed by atoms with Crippen LogP contribution in [0.3, 0.4) is 0 Å². The number of methoxy groups -OCH3 is 1. The zero-order valence-corrected chi connectivity index (χ0v) is 13.1. The SMILES string of the molecule is COCCC(C)NC(=O)C1(N)C2CCCOC2C1(C)C. The van der Waals surface area contributed by atoms with E-state index < -0.39 is 5.54 Å². The summed E-state index contributed by atoms with van der Waals surface area (Å²) in [7, 11) is 1.66. The molecule has 0 radical (unpaired) electrons. The Morgan fingerprint density at radius 2 is 2.25 bits per heavy atom. The highest BCUT2D eigenvalue weighted by Gasteiger charge is 2.70. The van der Waals surface area contributed by atoms with Crippen molar-refractivity contribution in [2.45, 2.75) is 57.7 Å². The van der Waals surface area contributed by atoms with Gasteiger partial charge in [0.25, 0.3) is 0 Å². The molecule has 20 heavy (non-hydrogen) atoms. The lowest BCUT2D eigenvalue weighted by atomic mass is 9.46. The molecular formula is C15H28N2O3. The standard InChI is InChI=1S/C15H28N2O3/c1-10(7-9-19-4)17-13(18)15(16)11-6-5-8-20-12(11)14(15,2)3/h10-12H,5-9,16H2,1-4H3,(H,17,18). The van der Waals surface area contributed by atoms with Crippen LogP contribution in [0, 0.1) is 11.3 Å². The van der Waals surface area contributed by atoms with Gasteiger partial charge in [-0.1, -0.05) is 13.8 Å². The van der Waals surface area contributed by atoms with Gasteiger partial charge in [0.15, 0.2) is 0 Å². The van der Waals surface area contributed by atoms with Crippen molar-refractivity contribution in [3.63, 3.8) is 0 Å². The minimum Gasteiger partial charge on any atom is -0.385 e. The van der Waals surface area contributed by atoms with Crippen molar-refractivity contribution >= 4 is 5.91 Å². The molecule has 1 amide bonds. The molecule has 1 aliphatic carbocycles. The molecule has 3 N–H and O–H groups in total. The second-order valence-corrected chi connectivity index (χ2v) is 6.79. The van der Waals surface area contributed by atoms with Crippen molar-refractivity contribution < 1.29 is 14.3 Å². The molecule has 1 heterocycles. The lowest BCUT2D eigenvalue weighted by Crippen LogP contribution is -2.82. The van der Waals surface area contributed by atoms with E-state index in [0.29, 0.717) is 6.61 Å². The minimum atomic E-state index is -0.820. The number of rotatable bonds is 5. The highest BCUT2D eigenvalue weighted by molar-refractivity contribution is 5.89. The van der Waals surface area contributed by atoms with Crippen LogP contribution in [0.5, 0.6) is 0 Å². The van der Waals surface area contributed by atoms with Gasteiger partial charge in [0.1, 0.15) is 5.54 Å². The van der Waals surface area contributed by atoms with Crippen molar-refractivity contribution in [2.75, 3.05) is 20.3 Å². The first-order valence-corrected chi connectivity index (χ1v) is 7.56. The molecule has 0 aromatic carbocycles. The summed E-state index contributed by atoms with van der Waals surface area (Å²) in [6.07, 6.45) is 2.87. The fourth-order valence-corrected chi connectivity index (χ4v) is 3.75. The lowest BCUT2D eigenvalue weighted by molar-refractivity contribution is -0.225. The van der Waals surface area contributed by atoms with Crippen LogP contribution in [0.15, 0.2) is 0 Å². The van der Waals surface area contributed by atoms with Gasteiger partial charge in [-0.05, 0) is 26.2 Å². The number of ether oxygens (including phenoxy) is 2. The summed E-state index contributed by atoms with van der Waals surface area (Å²) in [5.74, 6) is 0.0960. The van der Waals surface area contributed by atoms with Gasteiger partial charge in [-0.15, -0.1) is 0 Å².